The van der Waals surface area contributed by atoms with E-state index in [1.54, 1.807) is 0 Å². The molecule has 0 spiro atoms. The van der Waals surface area contributed by atoms with Crippen molar-refractivity contribution in [1.82, 2.24) is 0 Å². The lowest BCUT2D eigenvalue weighted by Crippen LogP contribution is -2.15. The van der Waals surface area contributed by atoms with Crippen molar-refractivity contribution >= 4 is 15.2 Å². The maximum absolute atomic E-state index is 10.9. The molecular formula is C7H14O4S. The Hall–Kier alpha value is -0.420. The second kappa shape index (κ2) is 5.27. The molecule has 5 heteroatoms. The van der Waals surface area contributed by atoms with Crippen LogP contribution in [0.25, 0.3) is 0 Å². The molecule has 0 atom stereocenters. The van der Waals surface area contributed by atoms with Crippen LogP contribution in [0, 0.1) is 0 Å². The Morgan fingerprint density at radius 1 is 1.33 bits per heavy atom. The molecule has 0 aliphatic rings. The van der Waals surface area contributed by atoms with Crippen LogP contribution in [0.4, 0.5) is 0 Å². The quantitative estimate of drug-likeness (QED) is 0.485. The molecule has 0 saturated heterocycles. The molecular weight excluding hydrogens is 180 g/mol. The maximum Gasteiger partial charge on any atom is 0.330 e. The van der Waals surface area contributed by atoms with Crippen LogP contribution < -0.4 is 0 Å². The molecule has 72 valence electrons. The zero-order valence-corrected chi connectivity index (χ0v) is 8.19. The van der Waals surface area contributed by atoms with Crippen LogP contribution in [0.5, 0.6) is 0 Å². The summed E-state index contributed by atoms with van der Waals surface area (Å²) in [5, 5.41) is -0.821. The fourth-order valence-corrected chi connectivity index (χ4v) is 1.32. The fraction of sp³-hybridized carbons (Fsp3) is 0.857. The van der Waals surface area contributed by atoms with Crippen molar-refractivity contribution in [3.63, 3.8) is 0 Å². The van der Waals surface area contributed by atoms with Gasteiger partial charge in [0.25, 0.3) is 5.12 Å². The lowest BCUT2D eigenvalue weighted by molar-refractivity contribution is -0.112. The second-order valence-corrected chi connectivity index (χ2v) is 4.15. The van der Waals surface area contributed by atoms with E-state index < -0.39 is 15.2 Å². The summed E-state index contributed by atoms with van der Waals surface area (Å²) in [5.74, 6) is 0. The van der Waals surface area contributed by atoms with E-state index in [4.69, 9.17) is 0 Å². The van der Waals surface area contributed by atoms with Gasteiger partial charge in [0.2, 0.25) is 0 Å². The zero-order chi connectivity index (χ0) is 9.61. The molecule has 0 aromatic rings. The molecule has 0 amide bonds. The predicted octanol–water partition coefficient (Wildman–Crippen LogP) is 1.07. The molecule has 0 fully saturated rings. The van der Waals surface area contributed by atoms with E-state index in [2.05, 4.69) is 4.18 Å². The number of hydrogen-bond donors (Lipinski definition) is 0. The van der Waals surface area contributed by atoms with Gasteiger partial charge in [0.15, 0.2) is 0 Å². The van der Waals surface area contributed by atoms with Gasteiger partial charge < -0.3 is 0 Å². The van der Waals surface area contributed by atoms with Crippen molar-refractivity contribution in [3.05, 3.63) is 0 Å². The highest BCUT2D eigenvalue weighted by molar-refractivity contribution is 8.01. The van der Waals surface area contributed by atoms with Crippen LogP contribution in [-0.2, 0) is 19.1 Å². The van der Waals surface area contributed by atoms with E-state index in [1.165, 1.54) is 0 Å². The maximum atomic E-state index is 10.9. The molecule has 12 heavy (non-hydrogen) atoms. The van der Waals surface area contributed by atoms with Gasteiger partial charge in [-0.15, -0.1) is 0 Å². The molecule has 4 nitrogen and oxygen atoms in total. The zero-order valence-electron chi connectivity index (χ0n) is 7.37. The molecule has 0 unspecified atom stereocenters. The first-order chi connectivity index (χ1) is 5.54. The average molecular weight is 194 g/mol. The SMILES string of the molecule is CCCCCC(=O)S(=O)(=O)OC. The van der Waals surface area contributed by atoms with Gasteiger partial charge >= 0.3 is 10.1 Å². The monoisotopic (exact) mass is 194 g/mol. The Kier molecular flexibility index (Phi) is 5.08. The Balaban J connectivity index is 3.89. The van der Waals surface area contributed by atoms with Gasteiger partial charge in [0, 0.05) is 6.42 Å². The first kappa shape index (κ1) is 11.6. The molecule has 0 heterocycles. The highest BCUT2D eigenvalue weighted by atomic mass is 32.2. The summed E-state index contributed by atoms with van der Waals surface area (Å²) in [5.41, 5.74) is 0. The van der Waals surface area contributed by atoms with Gasteiger partial charge in [0.1, 0.15) is 0 Å². The first-order valence-electron chi connectivity index (χ1n) is 3.88. The highest BCUT2D eigenvalue weighted by Crippen LogP contribution is 2.04. The topological polar surface area (TPSA) is 60.4 Å². The molecule has 0 bridgehead atoms. The minimum Gasteiger partial charge on any atom is -0.279 e. The van der Waals surface area contributed by atoms with Crippen molar-refractivity contribution in [1.29, 1.82) is 0 Å². The lowest BCUT2D eigenvalue weighted by atomic mass is 10.2. The predicted molar refractivity (Wildman–Crippen MR) is 45.1 cm³/mol. The molecule has 0 aromatic heterocycles. The van der Waals surface area contributed by atoms with Crippen LogP contribution in [0.2, 0.25) is 0 Å². The molecule has 0 aliphatic heterocycles. The van der Waals surface area contributed by atoms with Crippen molar-refractivity contribution in [3.8, 4) is 0 Å². The molecule has 0 rings (SSSR count). The van der Waals surface area contributed by atoms with Crippen molar-refractivity contribution in [2.75, 3.05) is 7.11 Å². The standard InChI is InChI=1S/C7H14O4S/c1-3-4-5-6-7(8)12(9,10)11-2/h3-6H2,1-2H3. The van der Waals surface area contributed by atoms with Crippen molar-refractivity contribution < 1.29 is 17.4 Å². The molecule has 0 saturated carbocycles. The number of carbonyl (C=O) groups is 1. The van der Waals surface area contributed by atoms with Gasteiger partial charge in [-0.1, -0.05) is 19.8 Å². The van der Waals surface area contributed by atoms with Crippen LogP contribution in [0.3, 0.4) is 0 Å². The summed E-state index contributed by atoms with van der Waals surface area (Å²) in [6.07, 6.45) is 2.49. The third kappa shape index (κ3) is 3.82. The Labute approximate surface area is 73.0 Å². The molecule has 0 N–H and O–H groups in total. The van der Waals surface area contributed by atoms with Gasteiger partial charge in [-0.2, -0.15) is 8.42 Å². The normalized spacial score (nSPS) is 11.5. The van der Waals surface area contributed by atoms with Crippen molar-refractivity contribution in [2.45, 2.75) is 32.6 Å². The van der Waals surface area contributed by atoms with E-state index in [0.717, 1.165) is 20.0 Å². The van der Waals surface area contributed by atoms with Gasteiger partial charge in [-0.25, -0.2) is 0 Å². The largest absolute Gasteiger partial charge is 0.330 e. The number of rotatable bonds is 5. The van der Waals surface area contributed by atoms with Crippen LogP contribution >= 0.6 is 0 Å². The smallest absolute Gasteiger partial charge is 0.279 e. The minimum absolute atomic E-state index is 0.0595. The summed E-state index contributed by atoms with van der Waals surface area (Å²) in [4.78, 5) is 10.9. The van der Waals surface area contributed by atoms with E-state index in [9.17, 15) is 13.2 Å². The molecule has 0 aliphatic carbocycles. The second-order valence-electron chi connectivity index (χ2n) is 2.45. The fourth-order valence-electron chi connectivity index (χ4n) is 0.737. The number of carbonyl (C=O) groups excluding carboxylic acids is 1. The van der Waals surface area contributed by atoms with Gasteiger partial charge in [-0.05, 0) is 6.42 Å². The lowest BCUT2D eigenvalue weighted by Gasteiger charge is -1.98. The Morgan fingerprint density at radius 2 is 1.92 bits per heavy atom. The van der Waals surface area contributed by atoms with Gasteiger partial charge in [-0.3, -0.25) is 8.98 Å². The third-order valence-electron chi connectivity index (χ3n) is 1.48. The van der Waals surface area contributed by atoms with E-state index in [1.807, 2.05) is 6.92 Å². The first-order valence-corrected chi connectivity index (χ1v) is 5.29. The third-order valence-corrected chi connectivity index (χ3v) is 2.68. The average Bonchev–Trinajstić information content (AvgIpc) is 2.05. The summed E-state index contributed by atoms with van der Waals surface area (Å²) >= 11 is 0. The molecule has 0 radical (unpaired) electrons. The number of unbranched alkanes of at least 4 members (excludes halogenated alkanes) is 2. The Morgan fingerprint density at radius 3 is 2.33 bits per heavy atom. The summed E-state index contributed by atoms with van der Waals surface area (Å²) in [6.45, 7) is 1.98. The van der Waals surface area contributed by atoms with Crippen molar-refractivity contribution in [2.24, 2.45) is 0 Å². The Bertz CT molecular complexity index is 230. The minimum atomic E-state index is -3.92. The van der Waals surface area contributed by atoms with E-state index in [-0.39, 0.29) is 6.42 Å². The van der Waals surface area contributed by atoms with Crippen LogP contribution in [0.1, 0.15) is 32.6 Å². The summed E-state index contributed by atoms with van der Waals surface area (Å²) < 4.78 is 25.5. The summed E-state index contributed by atoms with van der Waals surface area (Å²) in [7, 11) is -2.92. The van der Waals surface area contributed by atoms with E-state index >= 15 is 0 Å². The van der Waals surface area contributed by atoms with Gasteiger partial charge in [0.05, 0.1) is 7.11 Å². The molecule has 0 aromatic carbocycles. The van der Waals surface area contributed by atoms with Crippen LogP contribution in [-0.4, -0.2) is 20.6 Å². The number of hydrogen-bond acceptors (Lipinski definition) is 4. The van der Waals surface area contributed by atoms with E-state index in [0.29, 0.717) is 6.42 Å². The summed E-state index contributed by atoms with van der Waals surface area (Å²) in [6, 6.07) is 0. The highest BCUT2D eigenvalue weighted by Gasteiger charge is 2.19. The van der Waals surface area contributed by atoms with Crippen LogP contribution in [0.15, 0.2) is 0 Å².